The van der Waals surface area contributed by atoms with Crippen LogP contribution in [0.25, 0.3) is 0 Å². The zero-order valence-electron chi connectivity index (χ0n) is 11.3. The zero-order chi connectivity index (χ0) is 11.9. The van der Waals surface area contributed by atoms with Crippen molar-refractivity contribution in [3.63, 3.8) is 0 Å². The maximum atomic E-state index is 5.63. The number of nitrogens with zero attached hydrogens (tertiary/aromatic N) is 2. The average molecular weight is 236 g/mol. The molecule has 4 heteroatoms. The fraction of sp³-hybridized carbons (Fsp3) is 0.429. The first-order valence-corrected chi connectivity index (χ1v) is 6.02. The number of hydrogen-bond acceptors (Lipinski definition) is 3. The standard InChI is InChI=1S/C14H17N2O.Li/c1-14(2)10-17-13(15-14)12-9-16(12)8-11-6-4-3-5-7-11;/h3-7H,8-10H2,1-2H3;/q-1;+1. The summed E-state index contributed by atoms with van der Waals surface area (Å²) in [4.78, 5) is 6.89. The van der Waals surface area contributed by atoms with Gasteiger partial charge in [-0.1, -0.05) is 30.3 Å². The summed E-state index contributed by atoms with van der Waals surface area (Å²) in [6, 6.07) is 11.7. The second kappa shape index (κ2) is 5.01. The van der Waals surface area contributed by atoms with E-state index in [1.165, 1.54) is 11.6 Å². The summed E-state index contributed by atoms with van der Waals surface area (Å²) in [5, 5.41) is 0. The first-order valence-electron chi connectivity index (χ1n) is 6.02. The molecule has 1 fully saturated rings. The maximum Gasteiger partial charge on any atom is 1.00 e. The van der Waals surface area contributed by atoms with Crippen LogP contribution in [-0.4, -0.2) is 29.5 Å². The smallest absolute Gasteiger partial charge is 0.506 e. The van der Waals surface area contributed by atoms with Gasteiger partial charge in [-0.3, -0.25) is 4.99 Å². The Hall–Kier alpha value is -0.883. The minimum atomic E-state index is -0.0522. The van der Waals surface area contributed by atoms with E-state index in [0.29, 0.717) is 6.61 Å². The topological polar surface area (TPSA) is 24.6 Å². The van der Waals surface area contributed by atoms with Crippen LogP contribution in [0, 0.1) is 6.04 Å². The van der Waals surface area contributed by atoms with Gasteiger partial charge in [0.1, 0.15) is 6.61 Å². The van der Waals surface area contributed by atoms with E-state index < -0.39 is 0 Å². The third-order valence-corrected chi connectivity index (χ3v) is 3.05. The van der Waals surface area contributed by atoms with Crippen molar-refractivity contribution in [3.8, 4) is 0 Å². The average Bonchev–Trinajstić information content (AvgIpc) is 2.96. The van der Waals surface area contributed by atoms with E-state index in [4.69, 9.17) is 4.74 Å². The Morgan fingerprint density at radius 3 is 2.67 bits per heavy atom. The van der Waals surface area contributed by atoms with Crippen LogP contribution in [0.2, 0.25) is 0 Å². The summed E-state index contributed by atoms with van der Waals surface area (Å²) in [6.07, 6.45) is 0. The van der Waals surface area contributed by atoms with Crippen LogP contribution in [0.5, 0.6) is 0 Å². The zero-order valence-corrected chi connectivity index (χ0v) is 11.3. The molecule has 3 nitrogen and oxygen atoms in total. The largest absolute Gasteiger partial charge is 1.00 e. The molecule has 1 aromatic carbocycles. The Labute approximate surface area is 120 Å². The fourth-order valence-electron chi connectivity index (χ4n) is 2.04. The molecule has 18 heavy (non-hydrogen) atoms. The molecule has 2 aliphatic rings. The van der Waals surface area contributed by atoms with Crippen molar-refractivity contribution in [2.24, 2.45) is 4.99 Å². The molecule has 1 atom stereocenters. The van der Waals surface area contributed by atoms with E-state index in [0.717, 1.165) is 19.0 Å². The quantitative estimate of drug-likeness (QED) is 0.392. The van der Waals surface area contributed by atoms with Gasteiger partial charge in [-0.05, 0) is 26.0 Å². The molecule has 0 aliphatic carbocycles. The monoisotopic (exact) mass is 236 g/mol. The number of aliphatic imine (C=N–C) groups is 1. The van der Waals surface area contributed by atoms with Gasteiger partial charge in [0.15, 0.2) is 0 Å². The number of hydrogen-bond donors (Lipinski definition) is 0. The second-order valence-corrected chi connectivity index (χ2v) is 5.31. The number of rotatable bonds is 3. The van der Waals surface area contributed by atoms with Gasteiger partial charge in [-0.2, -0.15) is 0 Å². The first kappa shape index (κ1) is 13.5. The van der Waals surface area contributed by atoms with Gasteiger partial charge >= 0.3 is 18.9 Å². The Morgan fingerprint density at radius 2 is 2.06 bits per heavy atom. The molecular formula is C14H17LiN2O. The summed E-state index contributed by atoms with van der Waals surface area (Å²) < 4.78 is 5.63. The van der Waals surface area contributed by atoms with Gasteiger partial charge in [0.2, 0.25) is 0 Å². The number of ether oxygens (including phenoxy) is 1. The van der Waals surface area contributed by atoms with Gasteiger partial charge in [0, 0.05) is 0 Å². The predicted molar refractivity (Wildman–Crippen MR) is 67.6 cm³/mol. The second-order valence-electron chi connectivity index (χ2n) is 5.31. The molecule has 2 aliphatic heterocycles. The van der Waals surface area contributed by atoms with E-state index in [9.17, 15) is 0 Å². The normalized spacial score (nSPS) is 24.0. The van der Waals surface area contributed by atoms with Crippen LogP contribution in [0.4, 0.5) is 0 Å². The van der Waals surface area contributed by atoms with Gasteiger partial charge in [-0.25, -0.2) is 6.04 Å². The summed E-state index contributed by atoms with van der Waals surface area (Å²) in [5.41, 5.74) is 1.28. The molecule has 0 N–H and O–H groups in total. The predicted octanol–water partition coefficient (Wildman–Crippen LogP) is -0.755. The van der Waals surface area contributed by atoms with Gasteiger partial charge in [-0.15, -0.1) is 6.54 Å². The van der Waals surface area contributed by atoms with Crippen LogP contribution < -0.4 is 18.9 Å². The Morgan fingerprint density at radius 1 is 1.33 bits per heavy atom. The summed E-state index contributed by atoms with van der Waals surface area (Å²) >= 11 is 0. The molecular weight excluding hydrogens is 219 g/mol. The first-order chi connectivity index (χ1) is 8.14. The Bertz CT molecular complexity index is 444. The van der Waals surface area contributed by atoms with E-state index >= 15 is 0 Å². The van der Waals surface area contributed by atoms with Gasteiger partial charge in [0.25, 0.3) is 0 Å². The molecule has 3 rings (SSSR count). The third-order valence-electron chi connectivity index (χ3n) is 3.05. The number of benzene rings is 1. The fourth-order valence-corrected chi connectivity index (χ4v) is 2.04. The van der Waals surface area contributed by atoms with Crippen molar-refractivity contribution in [3.05, 3.63) is 41.9 Å². The summed E-state index contributed by atoms with van der Waals surface area (Å²) in [7, 11) is 0. The van der Waals surface area contributed by atoms with Crippen LogP contribution in [0.1, 0.15) is 19.4 Å². The maximum absolute atomic E-state index is 5.63. The van der Waals surface area contributed by atoms with Crippen molar-refractivity contribution in [2.45, 2.75) is 25.9 Å². The van der Waals surface area contributed by atoms with Gasteiger partial charge < -0.3 is 9.64 Å². The molecule has 90 valence electrons. The summed E-state index contributed by atoms with van der Waals surface area (Å²) in [6.45, 7) is 6.85. The van der Waals surface area contributed by atoms with Crippen molar-refractivity contribution in [1.29, 1.82) is 0 Å². The molecule has 2 heterocycles. The van der Waals surface area contributed by atoms with E-state index in [1.807, 2.05) is 6.07 Å². The summed E-state index contributed by atoms with van der Waals surface area (Å²) in [5.74, 6) is 0.853. The molecule has 0 radical (unpaired) electrons. The minimum absolute atomic E-state index is 0. The molecule has 1 aromatic rings. The SMILES string of the molecule is CC1(C)COC([C-]2CN2Cc2ccccc2)=N1.[Li+]. The molecule has 1 saturated heterocycles. The van der Waals surface area contributed by atoms with E-state index in [1.54, 1.807) is 0 Å². The third kappa shape index (κ3) is 2.92. The van der Waals surface area contributed by atoms with Crippen LogP contribution in [-0.2, 0) is 11.3 Å². The Kier molecular flexibility index (Phi) is 3.77. The van der Waals surface area contributed by atoms with E-state index in [-0.39, 0.29) is 24.4 Å². The van der Waals surface area contributed by atoms with Crippen molar-refractivity contribution in [1.82, 2.24) is 4.90 Å². The minimum Gasteiger partial charge on any atom is -0.506 e. The molecule has 0 saturated carbocycles. The van der Waals surface area contributed by atoms with Crippen LogP contribution in [0.3, 0.4) is 0 Å². The molecule has 0 amide bonds. The van der Waals surface area contributed by atoms with Gasteiger partial charge in [0.05, 0.1) is 11.4 Å². The van der Waals surface area contributed by atoms with Crippen LogP contribution in [0.15, 0.2) is 35.3 Å². The van der Waals surface area contributed by atoms with Crippen molar-refractivity contribution < 1.29 is 23.6 Å². The van der Waals surface area contributed by atoms with Crippen LogP contribution >= 0.6 is 0 Å². The molecule has 0 spiro atoms. The molecule has 0 bridgehead atoms. The molecule has 0 aromatic heterocycles. The van der Waals surface area contributed by atoms with Crippen molar-refractivity contribution >= 4 is 5.90 Å². The molecule has 1 unspecified atom stereocenters. The van der Waals surface area contributed by atoms with E-state index in [2.05, 4.69) is 48.0 Å². The van der Waals surface area contributed by atoms with Crippen molar-refractivity contribution in [2.75, 3.05) is 13.2 Å². The Balaban J connectivity index is 0.00000120.